The summed E-state index contributed by atoms with van der Waals surface area (Å²) in [6, 6.07) is 10.8. The molecular formula is C24H30O8. The summed E-state index contributed by atoms with van der Waals surface area (Å²) in [7, 11) is 8.84. The fourth-order valence-electron chi connectivity index (χ4n) is 3.68. The maximum Gasteiger partial charge on any atom is 0.306 e. The molecule has 0 N–H and O–H groups in total. The molecule has 32 heavy (non-hydrogen) atoms. The van der Waals surface area contributed by atoms with Gasteiger partial charge in [-0.2, -0.15) is 0 Å². The van der Waals surface area contributed by atoms with Crippen molar-refractivity contribution in [2.45, 2.75) is 24.7 Å². The lowest BCUT2D eigenvalue weighted by Gasteiger charge is -2.28. The summed E-state index contributed by atoms with van der Waals surface area (Å²) in [5.74, 6) is 0.513. The second-order valence-corrected chi connectivity index (χ2v) is 7.00. The number of methoxy groups -OCH3 is 6. The van der Waals surface area contributed by atoms with Crippen molar-refractivity contribution in [1.29, 1.82) is 0 Å². The van der Waals surface area contributed by atoms with Crippen molar-refractivity contribution in [3.63, 3.8) is 0 Å². The molecular weight excluding hydrogens is 416 g/mol. The van der Waals surface area contributed by atoms with Gasteiger partial charge in [-0.05, 0) is 35.4 Å². The maximum atomic E-state index is 12.3. The van der Waals surface area contributed by atoms with Crippen molar-refractivity contribution < 1.29 is 38.0 Å². The zero-order valence-corrected chi connectivity index (χ0v) is 19.3. The van der Waals surface area contributed by atoms with E-state index < -0.39 is 23.8 Å². The Morgan fingerprint density at radius 1 is 0.594 bits per heavy atom. The van der Waals surface area contributed by atoms with Crippen LogP contribution in [0.15, 0.2) is 36.4 Å². The fraction of sp³-hybridized carbons (Fsp3) is 0.417. The molecule has 8 nitrogen and oxygen atoms in total. The monoisotopic (exact) mass is 446 g/mol. The normalized spacial score (nSPS) is 12.3. The molecule has 0 radical (unpaired) electrons. The second-order valence-electron chi connectivity index (χ2n) is 7.00. The topological polar surface area (TPSA) is 89.5 Å². The summed E-state index contributed by atoms with van der Waals surface area (Å²) in [6.45, 7) is 0. The van der Waals surface area contributed by atoms with Crippen LogP contribution >= 0.6 is 0 Å². The van der Waals surface area contributed by atoms with Crippen LogP contribution in [0, 0.1) is 0 Å². The Bertz CT molecular complexity index is 849. The van der Waals surface area contributed by atoms with Gasteiger partial charge in [0.15, 0.2) is 23.0 Å². The van der Waals surface area contributed by atoms with Gasteiger partial charge in [-0.25, -0.2) is 0 Å². The Hall–Kier alpha value is -3.42. The molecule has 0 bridgehead atoms. The summed E-state index contributed by atoms with van der Waals surface area (Å²) >= 11 is 0. The lowest BCUT2D eigenvalue weighted by molar-refractivity contribution is -0.143. The first-order valence-electron chi connectivity index (χ1n) is 9.99. The van der Waals surface area contributed by atoms with Crippen LogP contribution < -0.4 is 18.9 Å². The van der Waals surface area contributed by atoms with E-state index in [1.165, 1.54) is 28.4 Å². The molecule has 0 aliphatic rings. The largest absolute Gasteiger partial charge is 0.493 e. The van der Waals surface area contributed by atoms with Crippen molar-refractivity contribution in [2.75, 3.05) is 42.7 Å². The number of carbonyl (C=O) groups excluding carboxylic acids is 2. The molecule has 2 atom stereocenters. The van der Waals surface area contributed by atoms with Crippen LogP contribution in [0.3, 0.4) is 0 Å². The number of rotatable bonds is 11. The van der Waals surface area contributed by atoms with Crippen molar-refractivity contribution in [3.8, 4) is 23.0 Å². The minimum Gasteiger partial charge on any atom is -0.493 e. The summed E-state index contributed by atoms with van der Waals surface area (Å²) in [5, 5.41) is 0. The van der Waals surface area contributed by atoms with Gasteiger partial charge in [0.05, 0.1) is 55.5 Å². The van der Waals surface area contributed by atoms with E-state index in [2.05, 4.69) is 0 Å². The Balaban J connectivity index is 2.64. The second kappa shape index (κ2) is 11.8. The number of benzene rings is 2. The average molecular weight is 446 g/mol. The number of carbonyl (C=O) groups is 2. The molecule has 0 aliphatic heterocycles. The van der Waals surface area contributed by atoms with Crippen LogP contribution in [-0.4, -0.2) is 54.6 Å². The van der Waals surface area contributed by atoms with Gasteiger partial charge in [-0.3, -0.25) is 9.59 Å². The SMILES string of the molecule is COC(=O)CC(c1ccc(OC)c(OC)c1)C(CC(=O)OC)c1ccc(OC)c(OC)c1. The zero-order chi connectivity index (χ0) is 23.7. The molecule has 0 saturated carbocycles. The molecule has 174 valence electrons. The third-order valence-corrected chi connectivity index (χ3v) is 5.39. The smallest absolute Gasteiger partial charge is 0.306 e. The van der Waals surface area contributed by atoms with Crippen LogP contribution in [0.1, 0.15) is 35.8 Å². The van der Waals surface area contributed by atoms with Crippen LogP contribution in [0.4, 0.5) is 0 Å². The van der Waals surface area contributed by atoms with Crippen LogP contribution in [0.2, 0.25) is 0 Å². The molecule has 0 aromatic heterocycles. The minimum absolute atomic E-state index is 0.0436. The van der Waals surface area contributed by atoms with Gasteiger partial charge in [0.25, 0.3) is 0 Å². The zero-order valence-electron chi connectivity index (χ0n) is 19.3. The Kier molecular flexibility index (Phi) is 9.19. The fourth-order valence-corrected chi connectivity index (χ4v) is 3.68. The van der Waals surface area contributed by atoms with Gasteiger partial charge in [-0.15, -0.1) is 0 Å². The lowest BCUT2D eigenvalue weighted by Crippen LogP contribution is -2.20. The average Bonchev–Trinajstić information content (AvgIpc) is 2.84. The van der Waals surface area contributed by atoms with Crippen molar-refractivity contribution in [3.05, 3.63) is 47.5 Å². The molecule has 0 heterocycles. The van der Waals surface area contributed by atoms with Gasteiger partial charge in [0.1, 0.15) is 0 Å². The van der Waals surface area contributed by atoms with Crippen molar-refractivity contribution >= 4 is 11.9 Å². The molecule has 0 spiro atoms. The Morgan fingerprint density at radius 2 is 0.938 bits per heavy atom. The predicted molar refractivity (Wildman–Crippen MR) is 118 cm³/mol. The lowest BCUT2D eigenvalue weighted by atomic mass is 9.77. The third-order valence-electron chi connectivity index (χ3n) is 5.39. The summed E-state index contributed by atoms with van der Waals surface area (Å²) in [6.07, 6.45) is 0.0873. The molecule has 2 aromatic carbocycles. The molecule has 0 saturated heterocycles. The number of hydrogen-bond acceptors (Lipinski definition) is 8. The first kappa shape index (κ1) is 24.8. The molecule has 8 heteroatoms. The first-order chi connectivity index (χ1) is 15.4. The standard InChI is InChI=1S/C24H30O8/c1-27-19-9-7-15(11-21(19)29-3)17(13-23(25)31-5)18(14-24(26)32-6)16-8-10-20(28-2)22(12-16)30-4/h7-12,17-18H,13-14H2,1-6H3. The van der Waals surface area contributed by atoms with E-state index in [0.29, 0.717) is 23.0 Å². The van der Waals surface area contributed by atoms with Gasteiger partial charge in [-0.1, -0.05) is 12.1 Å². The van der Waals surface area contributed by atoms with Gasteiger partial charge in [0, 0.05) is 11.8 Å². The summed E-state index contributed by atoms with van der Waals surface area (Å²) in [4.78, 5) is 24.7. The van der Waals surface area contributed by atoms with E-state index in [1.807, 2.05) is 12.1 Å². The van der Waals surface area contributed by atoms with Crippen molar-refractivity contribution in [2.24, 2.45) is 0 Å². The van der Waals surface area contributed by atoms with Crippen LogP contribution in [0.5, 0.6) is 23.0 Å². The number of ether oxygens (including phenoxy) is 6. The molecule has 2 aromatic rings. The predicted octanol–water partition coefficient (Wildman–Crippen LogP) is 3.71. The van der Waals surface area contributed by atoms with E-state index in [0.717, 1.165) is 11.1 Å². The number of esters is 2. The third kappa shape index (κ3) is 5.84. The number of hydrogen-bond donors (Lipinski definition) is 0. The molecule has 0 aliphatic carbocycles. The van der Waals surface area contributed by atoms with Crippen LogP contribution in [0.25, 0.3) is 0 Å². The van der Waals surface area contributed by atoms with E-state index in [-0.39, 0.29) is 12.8 Å². The van der Waals surface area contributed by atoms with Crippen LogP contribution in [-0.2, 0) is 19.1 Å². The van der Waals surface area contributed by atoms with Gasteiger partial charge >= 0.3 is 11.9 Å². The van der Waals surface area contributed by atoms with E-state index in [9.17, 15) is 9.59 Å². The highest BCUT2D eigenvalue weighted by Crippen LogP contribution is 2.43. The Morgan fingerprint density at radius 3 is 1.22 bits per heavy atom. The minimum atomic E-state index is -0.417. The Labute approximate surface area is 188 Å². The highest BCUT2D eigenvalue weighted by molar-refractivity contribution is 5.73. The first-order valence-corrected chi connectivity index (χ1v) is 9.99. The molecule has 2 rings (SSSR count). The molecule has 2 unspecified atom stereocenters. The highest BCUT2D eigenvalue weighted by Gasteiger charge is 2.31. The van der Waals surface area contributed by atoms with E-state index in [4.69, 9.17) is 28.4 Å². The van der Waals surface area contributed by atoms with Gasteiger partial charge < -0.3 is 28.4 Å². The molecule has 0 fully saturated rings. The van der Waals surface area contributed by atoms with E-state index >= 15 is 0 Å². The van der Waals surface area contributed by atoms with E-state index in [1.54, 1.807) is 38.5 Å². The maximum absolute atomic E-state index is 12.3. The summed E-state index contributed by atoms with van der Waals surface area (Å²) in [5.41, 5.74) is 1.58. The molecule has 0 amide bonds. The van der Waals surface area contributed by atoms with Gasteiger partial charge in [0.2, 0.25) is 0 Å². The quantitative estimate of drug-likeness (QED) is 0.483. The summed E-state index contributed by atoms with van der Waals surface area (Å²) < 4.78 is 31.5. The van der Waals surface area contributed by atoms with Crippen molar-refractivity contribution in [1.82, 2.24) is 0 Å². The highest BCUT2D eigenvalue weighted by atomic mass is 16.5.